The van der Waals surface area contributed by atoms with Crippen molar-refractivity contribution in [2.75, 3.05) is 0 Å². The lowest BCUT2D eigenvalue weighted by molar-refractivity contribution is 0.614. The summed E-state index contributed by atoms with van der Waals surface area (Å²) in [6.07, 6.45) is 0.739. The molecular weight excluding hydrogens is 268 g/mol. The topological polar surface area (TPSA) is 4.93 Å². The van der Waals surface area contributed by atoms with Crippen molar-refractivity contribution in [2.45, 2.75) is 13.3 Å². The van der Waals surface area contributed by atoms with Crippen molar-refractivity contribution in [3.05, 3.63) is 78.0 Å². The Bertz CT molecular complexity index is 774. The van der Waals surface area contributed by atoms with Gasteiger partial charge in [0.1, 0.15) is 11.6 Å². The summed E-state index contributed by atoms with van der Waals surface area (Å²) in [5, 5.41) is 0. The number of benzene rings is 2. The molecule has 3 aromatic rings. The van der Waals surface area contributed by atoms with E-state index in [0.717, 1.165) is 12.1 Å². The second kappa shape index (κ2) is 5.52. The first-order chi connectivity index (χ1) is 10.2. The lowest BCUT2D eigenvalue weighted by Crippen LogP contribution is -2.04. The van der Waals surface area contributed by atoms with Crippen molar-refractivity contribution in [3.63, 3.8) is 0 Å². The first kappa shape index (κ1) is 13.6. The van der Waals surface area contributed by atoms with E-state index in [4.69, 9.17) is 0 Å². The van der Waals surface area contributed by atoms with Crippen LogP contribution in [0.25, 0.3) is 16.9 Å². The molecule has 0 spiro atoms. The van der Waals surface area contributed by atoms with Gasteiger partial charge in [-0.15, -0.1) is 0 Å². The summed E-state index contributed by atoms with van der Waals surface area (Å²) in [5.74, 6) is -0.628. The Morgan fingerprint density at radius 2 is 1.48 bits per heavy atom. The van der Waals surface area contributed by atoms with Gasteiger partial charge >= 0.3 is 0 Å². The SMILES string of the molecule is CCc1ccc(-c2ccccc2F)n1-c1ccccc1F. The van der Waals surface area contributed by atoms with Crippen LogP contribution in [0.5, 0.6) is 0 Å². The number of aromatic nitrogens is 1. The molecular formula is C18H15F2N. The van der Waals surface area contributed by atoms with Crippen LogP contribution in [0.1, 0.15) is 12.6 Å². The zero-order valence-corrected chi connectivity index (χ0v) is 11.7. The minimum Gasteiger partial charge on any atom is -0.311 e. The van der Waals surface area contributed by atoms with Crippen LogP contribution in [0, 0.1) is 11.6 Å². The number of para-hydroxylation sites is 1. The summed E-state index contributed by atoms with van der Waals surface area (Å²) < 4.78 is 30.0. The summed E-state index contributed by atoms with van der Waals surface area (Å²) in [4.78, 5) is 0. The van der Waals surface area contributed by atoms with E-state index in [1.54, 1.807) is 41.0 Å². The third-order valence-electron chi connectivity index (χ3n) is 3.57. The van der Waals surface area contributed by atoms with E-state index in [1.165, 1.54) is 12.1 Å². The Hall–Kier alpha value is -2.42. The molecule has 0 fully saturated rings. The molecule has 0 unspecified atom stereocenters. The van der Waals surface area contributed by atoms with Crippen molar-refractivity contribution in [1.82, 2.24) is 4.57 Å². The van der Waals surface area contributed by atoms with Crippen molar-refractivity contribution < 1.29 is 8.78 Å². The molecule has 0 aliphatic heterocycles. The van der Waals surface area contributed by atoms with E-state index >= 15 is 0 Å². The monoisotopic (exact) mass is 283 g/mol. The third-order valence-corrected chi connectivity index (χ3v) is 3.57. The standard InChI is InChI=1S/C18H15F2N/c1-2-13-11-12-17(14-7-3-4-8-15(14)19)21(13)18-10-6-5-9-16(18)20/h3-12H,2H2,1H3. The minimum absolute atomic E-state index is 0.309. The first-order valence-corrected chi connectivity index (χ1v) is 6.92. The Morgan fingerprint density at radius 1 is 0.810 bits per heavy atom. The van der Waals surface area contributed by atoms with Crippen LogP contribution in [0.4, 0.5) is 8.78 Å². The van der Waals surface area contributed by atoms with Gasteiger partial charge in [-0.25, -0.2) is 8.78 Å². The quantitative estimate of drug-likeness (QED) is 0.638. The number of nitrogens with zero attached hydrogens (tertiary/aromatic N) is 1. The van der Waals surface area contributed by atoms with Crippen molar-refractivity contribution in [1.29, 1.82) is 0 Å². The van der Waals surface area contributed by atoms with Crippen LogP contribution in [0.15, 0.2) is 60.7 Å². The van der Waals surface area contributed by atoms with E-state index in [0.29, 0.717) is 16.9 Å². The molecule has 0 saturated carbocycles. The van der Waals surface area contributed by atoms with E-state index in [1.807, 2.05) is 19.1 Å². The minimum atomic E-state index is -0.319. The number of hydrogen-bond acceptors (Lipinski definition) is 0. The smallest absolute Gasteiger partial charge is 0.147 e. The number of hydrogen-bond donors (Lipinski definition) is 0. The van der Waals surface area contributed by atoms with Gasteiger partial charge in [0.15, 0.2) is 0 Å². The Balaban J connectivity index is 2.28. The Kier molecular flexibility index (Phi) is 3.57. The molecule has 0 bridgehead atoms. The highest BCUT2D eigenvalue weighted by molar-refractivity contribution is 5.65. The Labute approximate surface area is 122 Å². The van der Waals surface area contributed by atoms with Crippen LogP contribution in [0.3, 0.4) is 0 Å². The van der Waals surface area contributed by atoms with Gasteiger partial charge in [0.2, 0.25) is 0 Å². The summed E-state index contributed by atoms with van der Waals surface area (Å²) >= 11 is 0. The lowest BCUT2D eigenvalue weighted by atomic mass is 10.1. The molecule has 0 aliphatic rings. The van der Waals surface area contributed by atoms with Gasteiger partial charge in [0.05, 0.1) is 11.4 Å². The largest absolute Gasteiger partial charge is 0.311 e. The molecule has 1 aromatic heterocycles. The zero-order valence-electron chi connectivity index (χ0n) is 11.7. The summed E-state index contributed by atoms with van der Waals surface area (Å²) in [6.45, 7) is 2.00. The molecule has 2 aromatic carbocycles. The van der Waals surface area contributed by atoms with Gasteiger partial charge in [-0.2, -0.15) is 0 Å². The highest BCUT2D eigenvalue weighted by Crippen LogP contribution is 2.29. The van der Waals surface area contributed by atoms with Crippen molar-refractivity contribution in [3.8, 4) is 16.9 Å². The second-order valence-corrected chi connectivity index (χ2v) is 4.83. The van der Waals surface area contributed by atoms with Crippen LogP contribution < -0.4 is 0 Å². The van der Waals surface area contributed by atoms with E-state index in [2.05, 4.69) is 0 Å². The fraction of sp³-hybridized carbons (Fsp3) is 0.111. The van der Waals surface area contributed by atoms with Gasteiger partial charge in [-0.1, -0.05) is 31.2 Å². The summed E-state index contributed by atoms with van der Waals surface area (Å²) in [6, 6.07) is 16.9. The normalized spacial score (nSPS) is 10.8. The molecule has 1 nitrogen and oxygen atoms in total. The van der Waals surface area contributed by atoms with Crippen LogP contribution in [-0.2, 0) is 6.42 Å². The number of halogens is 2. The van der Waals surface area contributed by atoms with E-state index in [-0.39, 0.29) is 11.6 Å². The predicted octanol–water partition coefficient (Wildman–Crippen LogP) is 4.98. The van der Waals surface area contributed by atoms with Gasteiger partial charge in [0, 0.05) is 11.3 Å². The molecule has 3 heteroatoms. The van der Waals surface area contributed by atoms with Crippen LogP contribution >= 0.6 is 0 Å². The second-order valence-electron chi connectivity index (χ2n) is 4.83. The molecule has 0 aliphatic carbocycles. The molecule has 0 saturated heterocycles. The average Bonchev–Trinajstić information content (AvgIpc) is 2.92. The first-order valence-electron chi connectivity index (χ1n) is 6.92. The van der Waals surface area contributed by atoms with Crippen LogP contribution in [-0.4, -0.2) is 4.57 Å². The molecule has 0 atom stereocenters. The Morgan fingerprint density at radius 3 is 2.14 bits per heavy atom. The third kappa shape index (κ3) is 2.35. The maximum Gasteiger partial charge on any atom is 0.147 e. The maximum absolute atomic E-state index is 14.2. The van der Waals surface area contributed by atoms with Crippen LogP contribution in [0.2, 0.25) is 0 Å². The van der Waals surface area contributed by atoms with Crippen molar-refractivity contribution in [2.24, 2.45) is 0 Å². The van der Waals surface area contributed by atoms with Crippen molar-refractivity contribution >= 4 is 0 Å². The van der Waals surface area contributed by atoms with Gasteiger partial charge in [-0.3, -0.25) is 0 Å². The molecule has 21 heavy (non-hydrogen) atoms. The predicted molar refractivity (Wildman–Crippen MR) is 80.5 cm³/mol. The molecule has 0 radical (unpaired) electrons. The van der Waals surface area contributed by atoms with Gasteiger partial charge in [0.25, 0.3) is 0 Å². The summed E-state index contributed by atoms with van der Waals surface area (Å²) in [5.41, 5.74) is 2.52. The fourth-order valence-corrected chi connectivity index (χ4v) is 2.55. The molecule has 3 rings (SSSR count). The molecule has 0 N–H and O–H groups in total. The number of aryl methyl sites for hydroxylation is 1. The highest BCUT2D eigenvalue weighted by Gasteiger charge is 2.15. The average molecular weight is 283 g/mol. The van der Waals surface area contributed by atoms with Gasteiger partial charge in [-0.05, 0) is 42.8 Å². The molecule has 106 valence electrons. The van der Waals surface area contributed by atoms with E-state index in [9.17, 15) is 8.78 Å². The lowest BCUT2D eigenvalue weighted by Gasteiger charge is -2.14. The highest BCUT2D eigenvalue weighted by atomic mass is 19.1. The van der Waals surface area contributed by atoms with Gasteiger partial charge < -0.3 is 4.57 Å². The summed E-state index contributed by atoms with van der Waals surface area (Å²) in [7, 11) is 0. The molecule has 0 amide bonds. The maximum atomic E-state index is 14.2. The fourth-order valence-electron chi connectivity index (χ4n) is 2.55. The number of rotatable bonds is 3. The molecule has 1 heterocycles. The zero-order chi connectivity index (χ0) is 14.8. The van der Waals surface area contributed by atoms with E-state index < -0.39 is 0 Å².